The Hall–Kier alpha value is -3.94. The molecule has 3 rings (SSSR count). The van der Waals surface area contributed by atoms with E-state index in [1.807, 2.05) is 0 Å². The molecular weight excluding hydrogens is 482 g/mol. The van der Waals surface area contributed by atoms with E-state index in [0.717, 1.165) is 4.90 Å². The Morgan fingerprint density at radius 3 is 2.74 bits per heavy atom. The maximum atomic E-state index is 13.1. The van der Waals surface area contributed by atoms with Gasteiger partial charge in [-0.2, -0.15) is 0 Å². The van der Waals surface area contributed by atoms with Gasteiger partial charge in [0.2, 0.25) is 13.0 Å². The van der Waals surface area contributed by atoms with Gasteiger partial charge in [-0.25, -0.2) is 14.6 Å². The summed E-state index contributed by atoms with van der Waals surface area (Å²) >= 11 is 1.29. The van der Waals surface area contributed by atoms with Gasteiger partial charge >= 0.3 is 11.9 Å². The Bertz CT molecular complexity index is 1110. The van der Waals surface area contributed by atoms with Gasteiger partial charge in [-0.1, -0.05) is 11.2 Å². The van der Waals surface area contributed by atoms with Crippen LogP contribution in [0.4, 0.5) is 5.82 Å². The minimum absolute atomic E-state index is 0.00964. The number of ether oxygens (including phenoxy) is 1. The summed E-state index contributed by atoms with van der Waals surface area (Å²) in [7, 11) is 0. The molecular formula is C21H23N5O8S. The number of carbonyl (C=O) groups excluding carboxylic acids is 4. The topological polar surface area (TPSA) is 177 Å². The van der Waals surface area contributed by atoms with Crippen molar-refractivity contribution in [2.45, 2.75) is 37.8 Å². The molecule has 1 aromatic rings. The van der Waals surface area contributed by atoms with E-state index in [1.54, 1.807) is 20.8 Å². The molecule has 35 heavy (non-hydrogen) atoms. The molecule has 2 aliphatic rings. The predicted molar refractivity (Wildman–Crippen MR) is 123 cm³/mol. The first-order valence-electron chi connectivity index (χ1n) is 10.3. The largest absolute Gasteiger partial charge is 0.477 e. The van der Waals surface area contributed by atoms with Crippen LogP contribution >= 0.6 is 11.8 Å². The van der Waals surface area contributed by atoms with Gasteiger partial charge in [0, 0.05) is 5.75 Å². The van der Waals surface area contributed by atoms with Gasteiger partial charge < -0.3 is 25.3 Å². The molecule has 1 fully saturated rings. The fourth-order valence-corrected chi connectivity index (χ4v) is 4.37. The molecule has 0 spiro atoms. The number of carboxylic acids is 1. The van der Waals surface area contributed by atoms with E-state index in [2.05, 4.69) is 20.8 Å². The number of fused-ring (bicyclic) bond motifs is 1. The van der Waals surface area contributed by atoms with Crippen molar-refractivity contribution in [1.29, 1.82) is 0 Å². The van der Waals surface area contributed by atoms with Gasteiger partial charge in [-0.15, -0.1) is 11.8 Å². The number of thioether (sulfide) groups is 1. The number of oxime groups is 1. The van der Waals surface area contributed by atoms with Crippen LogP contribution in [-0.2, 0) is 33.5 Å². The van der Waals surface area contributed by atoms with Gasteiger partial charge in [-0.3, -0.25) is 19.3 Å². The molecule has 0 aromatic carbocycles. The number of pyridine rings is 1. The Kier molecular flexibility index (Phi) is 7.74. The summed E-state index contributed by atoms with van der Waals surface area (Å²) < 4.78 is 5.13. The third kappa shape index (κ3) is 6.15. The van der Waals surface area contributed by atoms with Crippen molar-refractivity contribution >= 4 is 53.5 Å². The number of carboxylic acid groups (broad SMARTS) is 1. The highest BCUT2D eigenvalue weighted by Gasteiger charge is 2.53. The number of aliphatic carboxylic acids is 1. The molecule has 0 radical (unpaired) electrons. The minimum atomic E-state index is -1.24. The van der Waals surface area contributed by atoms with Crippen molar-refractivity contribution in [3.05, 3.63) is 35.7 Å². The van der Waals surface area contributed by atoms with Crippen LogP contribution in [0.2, 0.25) is 0 Å². The normalized spacial score (nSPS) is 19.5. The molecule has 0 bridgehead atoms. The number of hydrogen-bond acceptors (Lipinski definition) is 10. The summed E-state index contributed by atoms with van der Waals surface area (Å²) in [6, 6.07) is 3.38. The van der Waals surface area contributed by atoms with Crippen molar-refractivity contribution in [2.75, 3.05) is 17.7 Å². The van der Waals surface area contributed by atoms with Crippen LogP contribution in [-0.4, -0.2) is 80.2 Å². The fourth-order valence-electron chi connectivity index (χ4n) is 3.18. The zero-order valence-electron chi connectivity index (χ0n) is 19.0. The monoisotopic (exact) mass is 505 g/mol. The number of hydrogen-bond donors (Lipinski definition) is 3. The second-order valence-electron chi connectivity index (χ2n) is 8.25. The molecule has 0 aliphatic carbocycles. The van der Waals surface area contributed by atoms with Crippen LogP contribution in [0.3, 0.4) is 0 Å². The van der Waals surface area contributed by atoms with Crippen LogP contribution in [0.1, 0.15) is 26.5 Å². The number of nitrogens with one attached hydrogen (secondary N) is 2. The number of β-lactam (4-membered cyclic amide) rings is 1. The molecule has 1 aromatic heterocycles. The minimum Gasteiger partial charge on any atom is -0.477 e. The van der Waals surface area contributed by atoms with E-state index in [9.17, 15) is 29.1 Å². The Balaban J connectivity index is 1.79. The van der Waals surface area contributed by atoms with Crippen molar-refractivity contribution < 1.29 is 38.7 Å². The van der Waals surface area contributed by atoms with E-state index >= 15 is 0 Å². The van der Waals surface area contributed by atoms with Crippen molar-refractivity contribution in [3.63, 3.8) is 0 Å². The number of aromatic nitrogens is 1. The first-order chi connectivity index (χ1) is 16.5. The lowest BCUT2D eigenvalue weighted by Gasteiger charge is -2.48. The van der Waals surface area contributed by atoms with Gasteiger partial charge in [0.1, 0.15) is 34.2 Å². The molecule has 0 saturated carbocycles. The van der Waals surface area contributed by atoms with E-state index in [0.29, 0.717) is 12.2 Å². The van der Waals surface area contributed by atoms with E-state index in [1.165, 1.54) is 36.0 Å². The zero-order chi connectivity index (χ0) is 25.8. The highest BCUT2D eigenvalue weighted by Crippen LogP contribution is 2.37. The third-order valence-electron chi connectivity index (χ3n) is 4.52. The molecule has 3 heterocycles. The molecule has 14 heteroatoms. The maximum Gasteiger partial charge on any atom is 0.352 e. The van der Waals surface area contributed by atoms with Crippen LogP contribution in [0.5, 0.6) is 0 Å². The Morgan fingerprint density at radius 1 is 1.34 bits per heavy atom. The SMILES string of the molecule is CC(C)(C)OC(=O)CON=C(C(=O)NC1C(=O)N2C(C(=O)O)=CCS[C@@H]12)c1cccc(NC=O)n1. The number of anilines is 1. The highest BCUT2D eigenvalue weighted by molar-refractivity contribution is 8.00. The van der Waals surface area contributed by atoms with Gasteiger partial charge in [0.05, 0.1) is 0 Å². The summed E-state index contributed by atoms with van der Waals surface area (Å²) in [6.45, 7) is 4.43. The lowest BCUT2D eigenvalue weighted by atomic mass is 10.0. The summed E-state index contributed by atoms with van der Waals surface area (Å²) in [4.78, 5) is 70.0. The summed E-state index contributed by atoms with van der Waals surface area (Å²) in [5.74, 6) is -2.94. The average Bonchev–Trinajstić information content (AvgIpc) is 2.78. The molecule has 13 nitrogen and oxygen atoms in total. The van der Waals surface area contributed by atoms with E-state index in [4.69, 9.17) is 9.57 Å². The van der Waals surface area contributed by atoms with Crippen LogP contribution in [0.15, 0.2) is 35.1 Å². The quantitative estimate of drug-likeness (QED) is 0.137. The molecule has 1 unspecified atom stereocenters. The average molecular weight is 506 g/mol. The predicted octanol–water partition coefficient (Wildman–Crippen LogP) is 0.0807. The molecule has 186 valence electrons. The van der Waals surface area contributed by atoms with E-state index in [-0.39, 0.29) is 22.9 Å². The standard InChI is InChI=1S/C21H23N5O8S/c1-21(2,3)34-14(28)9-33-25-15(11-5-4-6-13(23-11)22-10-27)17(29)24-16-18(30)26-12(20(31)32)7-8-35-19(16)26/h4-7,10,16,19H,8-9H2,1-3H3,(H,24,29)(H,31,32)(H,22,23,27)/t16?,19-/m0/s1. The highest BCUT2D eigenvalue weighted by atomic mass is 32.2. The molecule has 2 atom stereocenters. The second kappa shape index (κ2) is 10.5. The van der Waals surface area contributed by atoms with Gasteiger partial charge in [-0.05, 0) is 39.0 Å². The molecule has 3 amide bonds. The Morgan fingerprint density at radius 2 is 2.09 bits per heavy atom. The number of nitrogens with zero attached hydrogens (tertiary/aromatic N) is 3. The van der Waals surface area contributed by atoms with Gasteiger partial charge in [0.25, 0.3) is 11.8 Å². The van der Waals surface area contributed by atoms with Crippen LogP contribution < -0.4 is 10.6 Å². The van der Waals surface area contributed by atoms with Crippen LogP contribution in [0, 0.1) is 0 Å². The summed E-state index contributed by atoms with van der Waals surface area (Å²) in [5, 5.41) is 17.3. The van der Waals surface area contributed by atoms with Crippen molar-refractivity contribution in [1.82, 2.24) is 15.2 Å². The lowest BCUT2D eigenvalue weighted by Crippen LogP contribution is -2.70. The zero-order valence-corrected chi connectivity index (χ0v) is 19.8. The van der Waals surface area contributed by atoms with Crippen molar-refractivity contribution in [2.24, 2.45) is 5.16 Å². The summed E-state index contributed by atoms with van der Waals surface area (Å²) in [5.41, 5.74) is -1.28. The summed E-state index contributed by atoms with van der Waals surface area (Å²) in [6.07, 6.45) is 1.82. The number of carbonyl (C=O) groups is 5. The van der Waals surface area contributed by atoms with E-state index < -0.39 is 47.4 Å². The maximum absolute atomic E-state index is 13.1. The number of rotatable bonds is 9. The smallest absolute Gasteiger partial charge is 0.352 e. The first kappa shape index (κ1) is 25.7. The van der Waals surface area contributed by atoms with Crippen molar-refractivity contribution in [3.8, 4) is 0 Å². The molecule has 3 N–H and O–H groups in total. The first-order valence-corrected chi connectivity index (χ1v) is 11.3. The fraction of sp³-hybridized carbons (Fsp3) is 0.381. The second-order valence-corrected chi connectivity index (χ2v) is 9.40. The third-order valence-corrected chi connectivity index (χ3v) is 5.71. The number of amides is 3. The van der Waals surface area contributed by atoms with Gasteiger partial charge in [0.15, 0.2) is 5.71 Å². The van der Waals surface area contributed by atoms with Crippen LogP contribution in [0.25, 0.3) is 0 Å². The lowest BCUT2D eigenvalue weighted by molar-refractivity contribution is -0.160. The Labute approximate surface area is 203 Å². The molecule has 1 saturated heterocycles. The number of esters is 1. The molecule has 2 aliphatic heterocycles.